The van der Waals surface area contributed by atoms with E-state index >= 15 is 0 Å². The molecule has 4 nitrogen and oxygen atoms in total. The van der Waals surface area contributed by atoms with Gasteiger partial charge in [0.2, 0.25) is 5.13 Å². The molecule has 6 heteroatoms. The van der Waals surface area contributed by atoms with E-state index in [0.29, 0.717) is 6.04 Å². The van der Waals surface area contributed by atoms with Crippen LogP contribution in [-0.2, 0) is 0 Å². The van der Waals surface area contributed by atoms with E-state index in [4.69, 9.17) is 11.6 Å². The molecule has 0 bridgehead atoms. The third-order valence-corrected chi connectivity index (χ3v) is 5.25. The van der Waals surface area contributed by atoms with Gasteiger partial charge in [-0.1, -0.05) is 41.1 Å². The topological polar surface area (TPSA) is 41.9 Å². The number of nitrogens with zero attached hydrogens (tertiary/aromatic N) is 4. The molecule has 1 fully saturated rings. The second-order valence-corrected chi connectivity index (χ2v) is 6.90. The van der Waals surface area contributed by atoms with Gasteiger partial charge in [0.05, 0.1) is 6.04 Å². The SMILES string of the molecule is Clc1cccc([C@@H]2CCCN2c2nnc(-c3ccccn3)s2)c1. The van der Waals surface area contributed by atoms with Gasteiger partial charge in [-0.3, -0.25) is 4.98 Å². The van der Waals surface area contributed by atoms with Crippen LogP contribution >= 0.6 is 22.9 Å². The Labute approximate surface area is 143 Å². The van der Waals surface area contributed by atoms with Crippen LogP contribution in [0.3, 0.4) is 0 Å². The van der Waals surface area contributed by atoms with Crippen molar-refractivity contribution in [2.24, 2.45) is 0 Å². The van der Waals surface area contributed by atoms with Gasteiger partial charge in [0.1, 0.15) is 5.69 Å². The molecule has 4 rings (SSSR count). The minimum Gasteiger partial charge on any atom is -0.340 e. The summed E-state index contributed by atoms with van der Waals surface area (Å²) in [5, 5.41) is 11.3. The van der Waals surface area contributed by atoms with Gasteiger partial charge in [-0.15, -0.1) is 10.2 Å². The van der Waals surface area contributed by atoms with Crippen molar-refractivity contribution < 1.29 is 0 Å². The standard InChI is InChI=1S/C17H15ClN4S/c18-13-6-3-5-12(11-13)15-8-4-10-22(15)17-21-20-16(23-17)14-7-1-2-9-19-14/h1-3,5-7,9,11,15H,4,8,10H2/t15-/m0/s1. The van der Waals surface area contributed by atoms with Gasteiger partial charge in [0, 0.05) is 17.8 Å². The zero-order valence-corrected chi connectivity index (χ0v) is 14.0. The fourth-order valence-corrected chi connectivity index (χ4v) is 4.08. The Balaban J connectivity index is 1.63. The van der Waals surface area contributed by atoms with E-state index in [2.05, 4.69) is 26.1 Å². The minimum absolute atomic E-state index is 0.318. The Hall–Kier alpha value is -1.98. The number of halogens is 1. The Bertz CT molecular complexity index is 805. The van der Waals surface area contributed by atoms with Crippen LogP contribution in [0.4, 0.5) is 5.13 Å². The summed E-state index contributed by atoms with van der Waals surface area (Å²) in [6.07, 6.45) is 4.04. The summed E-state index contributed by atoms with van der Waals surface area (Å²) >= 11 is 7.74. The molecule has 23 heavy (non-hydrogen) atoms. The van der Waals surface area contributed by atoms with E-state index in [1.165, 1.54) is 5.56 Å². The number of anilines is 1. The maximum Gasteiger partial charge on any atom is 0.209 e. The van der Waals surface area contributed by atoms with Crippen LogP contribution in [0, 0.1) is 0 Å². The van der Waals surface area contributed by atoms with Crippen LogP contribution in [0.25, 0.3) is 10.7 Å². The maximum absolute atomic E-state index is 6.15. The molecule has 0 spiro atoms. The summed E-state index contributed by atoms with van der Waals surface area (Å²) in [6, 6.07) is 14.2. The molecule has 0 N–H and O–H groups in total. The zero-order valence-electron chi connectivity index (χ0n) is 12.4. The van der Waals surface area contributed by atoms with Crippen LogP contribution in [-0.4, -0.2) is 21.7 Å². The van der Waals surface area contributed by atoms with Crippen molar-refractivity contribution in [1.82, 2.24) is 15.2 Å². The molecule has 2 aromatic heterocycles. The molecule has 1 aliphatic rings. The van der Waals surface area contributed by atoms with Gasteiger partial charge in [0.15, 0.2) is 5.01 Å². The average molecular weight is 343 g/mol. The van der Waals surface area contributed by atoms with Gasteiger partial charge in [-0.25, -0.2) is 0 Å². The van der Waals surface area contributed by atoms with Gasteiger partial charge in [0.25, 0.3) is 0 Å². The van der Waals surface area contributed by atoms with Crippen molar-refractivity contribution in [3.05, 3.63) is 59.2 Å². The quantitative estimate of drug-likeness (QED) is 0.697. The molecule has 1 saturated heterocycles. The molecule has 1 atom stereocenters. The molecule has 0 unspecified atom stereocenters. The highest BCUT2D eigenvalue weighted by Gasteiger charge is 2.29. The van der Waals surface area contributed by atoms with Crippen molar-refractivity contribution in [2.45, 2.75) is 18.9 Å². The van der Waals surface area contributed by atoms with Gasteiger partial charge in [-0.05, 0) is 42.7 Å². The smallest absolute Gasteiger partial charge is 0.209 e. The summed E-state index contributed by atoms with van der Waals surface area (Å²) in [5.74, 6) is 0. The molecule has 0 radical (unpaired) electrons. The van der Waals surface area contributed by atoms with Crippen molar-refractivity contribution >= 4 is 28.1 Å². The van der Waals surface area contributed by atoms with Crippen LogP contribution in [0.5, 0.6) is 0 Å². The molecule has 0 saturated carbocycles. The van der Waals surface area contributed by atoms with E-state index in [1.807, 2.05) is 36.4 Å². The first-order valence-electron chi connectivity index (χ1n) is 7.58. The molecule has 116 valence electrons. The largest absolute Gasteiger partial charge is 0.340 e. The molecular formula is C17H15ClN4S. The third-order valence-electron chi connectivity index (χ3n) is 4.03. The lowest BCUT2D eigenvalue weighted by molar-refractivity contribution is 0.714. The molecule has 0 amide bonds. The van der Waals surface area contributed by atoms with Gasteiger partial charge < -0.3 is 4.90 Å². The van der Waals surface area contributed by atoms with E-state index in [1.54, 1.807) is 17.5 Å². The molecule has 1 aromatic carbocycles. The molecule has 3 heterocycles. The van der Waals surface area contributed by atoms with Gasteiger partial charge >= 0.3 is 0 Å². The maximum atomic E-state index is 6.15. The third kappa shape index (κ3) is 2.94. The predicted octanol–water partition coefficient (Wildman–Crippen LogP) is 4.60. The highest BCUT2D eigenvalue weighted by molar-refractivity contribution is 7.18. The Morgan fingerprint density at radius 1 is 1.13 bits per heavy atom. The second-order valence-electron chi connectivity index (χ2n) is 5.51. The average Bonchev–Trinajstić information content (AvgIpc) is 3.25. The predicted molar refractivity (Wildman–Crippen MR) is 93.9 cm³/mol. The van der Waals surface area contributed by atoms with E-state index in [-0.39, 0.29) is 0 Å². The second kappa shape index (κ2) is 6.26. The fourth-order valence-electron chi connectivity index (χ4n) is 2.98. The number of rotatable bonds is 3. The van der Waals surface area contributed by atoms with E-state index in [0.717, 1.165) is 40.2 Å². The van der Waals surface area contributed by atoms with Crippen LogP contribution in [0.2, 0.25) is 5.02 Å². The van der Waals surface area contributed by atoms with E-state index in [9.17, 15) is 0 Å². The first-order valence-corrected chi connectivity index (χ1v) is 8.78. The van der Waals surface area contributed by atoms with Crippen molar-refractivity contribution in [3.8, 4) is 10.7 Å². The number of hydrogen-bond donors (Lipinski definition) is 0. The van der Waals surface area contributed by atoms with Crippen molar-refractivity contribution in [3.63, 3.8) is 0 Å². The summed E-state index contributed by atoms with van der Waals surface area (Å²) < 4.78 is 0. The van der Waals surface area contributed by atoms with Crippen molar-refractivity contribution in [1.29, 1.82) is 0 Å². The Morgan fingerprint density at radius 2 is 2.09 bits per heavy atom. The summed E-state index contributed by atoms with van der Waals surface area (Å²) in [6.45, 7) is 0.994. The lowest BCUT2D eigenvalue weighted by Gasteiger charge is -2.23. The first-order chi connectivity index (χ1) is 11.3. The molecule has 0 aliphatic carbocycles. The Morgan fingerprint density at radius 3 is 2.91 bits per heavy atom. The first kappa shape index (κ1) is 14.6. The van der Waals surface area contributed by atoms with E-state index < -0.39 is 0 Å². The minimum atomic E-state index is 0.318. The Kier molecular flexibility index (Phi) is 3.97. The number of hydrogen-bond acceptors (Lipinski definition) is 5. The normalized spacial score (nSPS) is 17.6. The summed E-state index contributed by atoms with van der Waals surface area (Å²) in [5.41, 5.74) is 2.11. The lowest BCUT2D eigenvalue weighted by Crippen LogP contribution is -2.22. The van der Waals surface area contributed by atoms with Crippen LogP contribution < -0.4 is 4.90 Å². The van der Waals surface area contributed by atoms with Crippen LogP contribution in [0.15, 0.2) is 48.7 Å². The molecule has 3 aromatic rings. The monoisotopic (exact) mass is 342 g/mol. The number of aromatic nitrogens is 3. The highest BCUT2D eigenvalue weighted by Crippen LogP contribution is 2.39. The summed E-state index contributed by atoms with van der Waals surface area (Å²) in [7, 11) is 0. The highest BCUT2D eigenvalue weighted by atomic mass is 35.5. The van der Waals surface area contributed by atoms with Crippen LogP contribution in [0.1, 0.15) is 24.4 Å². The molecular weight excluding hydrogens is 328 g/mol. The lowest BCUT2D eigenvalue weighted by atomic mass is 10.1. The number of benzene rings is 1. The van der Waals surface area contributed by atoms with Gasteiger partial charge in [-0.2, -0.15) is 0 Å². The molecule has 1 aliphatic heterocycles. The van der Waals surface area contributed by atoms with Crippen molar-refractivity contribution in [2.75, 3.05) is 11.4 Å². The summed E-state index contributed by atoms with van der Waals surface area (Å²) in [4.78, 5) is 6.68. The fraction of sp³-hybridized carbons (Fsp3) is 0.235. The zero-order chi connectivity index (χ0) is 15.6. The number of pyridine rings is 1.